The van der Waals surface area contributed by atoms with E-state index in [1.165, 1.54) is 24.0 Å². The molecule has 6 rings (SSSR count). The number of piperidine rings is 1. The van der Waals surface area contributed by atoms with E-state index < -0.39 is 0 Å². The van der Waals surface area contributed by atoms with Crippen LogP contribution >= 0.6 is 0 Å². The van der Waals surface area contributed by atoms with Gasteiger partial charge in [-0.2, -0.15) is 5.10 Å². The van der Waals surface area contributed by atoms with E-state index in [0.717, 1.165) is 53.9 Å². The highest BCUT2D eigenvalue weighted by atomic mass is 16.2. The first kappa shape index (κ1) is 21.8. The zero-order chi connectivity index (χ0) is 23.8. The molecule has 176 valence electrons. The maximum atomic E-state index is 13.2. The smallest absolute Gasteiger partial charge is 0.253 e. The van der Waals surface area contributed by atoms with E-state index in [1.54, 1.807) is 0 Å². The van der Waals surface area contributed by atoms with Gasteiger partial charge in [-0.1, -0.05) is 60.7 Å². The molecule has 1 spiro atoms. The average Bonchev–Trinajstić information content (AvgIpc) is 3.29. The van der Waals surface area contributed by atoms with Crippen molar-refractivity contribution in [2.75, 3.05) is 33.2 Å². The lowest BCUT2D eigenvalue weighted by atomic mass is 9.72. The molecule has 2 aliphatic rings. The monoisotopic (exact) mass is 462 g/mol. The number of hydrogen-bond acceptors (Lipinski definition) is 3. The molecular formula is C30H30N4O. The molecule has 2 fully saturated rings. The number of benzene rings is 3. The van der Waals surface area contributed by atoms with Crippen LogP contribution in [0.25, 0.3) is 34.2 Å². The number of carbonyl (C=O) groups is 1. The van der Waals surface area contributed by atoms with Crippen molar-refractivity contribution >= 4 is 29.0 Å². The fourth-order valence-corrected chi connectivity index (χ4v) is 5.48. The third-order valence-electron chi connectivity index (χ3n) is 7.69. The van der Waals surface area contributed by atoms with Crippen LogP contribution in [-0.2, 0) is 0 Å². The number of likely N-dealkylation sites (tertiary alicyclic amines) is 2. The van der Waals surface area contributed by atoms with Crippen LogP contribution in [-0.4, -0.2) is 59.1 Å². The lowest BCUT2D eigenvalue weighted by Gasteiger charge is -2.53. The van der Waals surface area contributed by atoms with Gasteiger partial charge in [-0.25, -0.2) is 0 Å². The first-order valence-electron chi connectivity index (χ1n) is 12.4. The van der Waals surface area contributed by atoms with Crippen LogP contribution in [0.5, 0.6) is 0 Å². The van der Waals surface area contributed by atoms with Gasteiger partial charge in [0.15, 0.2) is 0 Å². The largest absolute Gasteiger partial charge is 0.337 e. The Morgan fingerprint density at radius 1 is 0.943 bits per heavy atom. The summed E-state index contributed by atoms with van der Waals surface area (Å²) in [7, 11) is 2.18. The number of amides is 1. The van der Waals surface area contributed by atoms with Crippen molar-refractivity contribution in [3.8, 4) is 11.1 Å². The molecule has 0 unspecified atom stereocenters. The van der Waals surface area contributed by atoms with Gasteiger partial charge in [-0.05, 0) is 73.9 Å². The number of rotatable bonds is 4. The van der Waals surface area contributed by atoms with Crippen molar-refractivity contribution in [1.29, 1.82) is 0 Å². The second-order valence-corrected chi connectivity index (χ2v) is 10.1. The molecular weight excluding hydrogens is 432 g/mol. The van der Waals surface area contributed by atoms with Crippen LogP contribution < -0.4 is 0 Å². The molecule has 35 heavy (non-hydrogen) atoms. The summed E-state index contributed by atoms with van der Waals surface area (Å²) in [5.41, 5.74) is 6.36. The van der Waals surface area contributed by atoms with Gasteiger partial charge in [-0.3, -0.25) is 9.89 Å². The number of H-pyrrole nitrogens is 1. The van der Waals surface area contributed by atoms with E-state index in [4.69, 9.17) is 0 Å². The van der Waals surface area contributed by atoms with Gasteiger partial charge in [-0.15, -0.1) is 0 Å². The van der Waals surface area contributed by atoms with E-state index in [-0.39, 0.29) is 5.91 Å². The van der Waals surface area contributed by atoms with E-state index in [9.17, 15) is 4.79 Å². The van der Waals surface area contributed by atoms with E-state index in [2.05, 4.69) is 82.8 Å². The van der Waals surface area contributed by atoms with Gasteiger partial charge in [0, 0.05) is 29.5 Å². The highest BCUT2D eigenvalue weighted by molar-refractivity contribution is 6.00. The van der Waals surface area contributed by atoms with E-state index in [1.807, 2.05) is 29.2 Å². The first-order chi connectivity index (χ1) is 17.1. The molecule has 3 heterocycles. The molecule has 2 aliphatic heterocycles. The molecule has 1 amide bonds. The third kappa shape index (κ3) is 4.17. The van der Waals surface area contributed by atoms with Crippen molar-refractivity contribution in [2.24, 2.45) is 5.41 Å². The first-order valence-corrected chi connectivity index (χ1v) is 12.4. The Balaban J connectivity index is 1.23. The molecule has 0 radical (unpaired) electrons. The maximum Gasteiger partial charge on any atom is 0.253 e. The van der Waals surface area contributed by atoms with Crippen LogP contribution in [0.15, 0.2) is 72.8 Å². The molecule has 0 bridgehead atoms. The molecule has 3 aromatic carbocycles. The number of fused-ring (bicyclic) bond motifs is 1. The lowest BCUT2D eigenvalue weighted by molar-refractivity contribution is -0.0283. The zero-order valence-electron chi connectivity index (χ0n) is 20.1. The van der Waals surface area contributed by atoms with Crippen LogP contribution in [0.3, 0.4) is 0 Å². The highest BCUT2D eigenvalue weighted by Crippen LogP contribution is 2.40. The summed E-state index contributed by atoms with van der Waals surface area (Å²) in [6.07, 6.45) is 6.55. The fraction of sp³-hybridized carbons (Fsp3) is 0.267. The van der Waals surface area contributed by atoms with Crippen LogP contribution in [0.4, 0.5) is 0 Å². The normalized spacial score (nSPS) is 17.8. The standard InChI is InChI=1S/C30H30N4O/c1-33-17-15-30(16-18-33)20-34(21-30)29(35)24-12-14-28-26(19-24)27(31-32-28)13-11-23-9-5-6-10-25(23)22-7-3-2-4-8-22/h2-14,19H,15-18,20-21H2,1H3,(H,31,32). The molecule has 2 saturated heterocycles. The van der Waals surface area contributed by atoms with Crippen LogP contribution in [0.1, 0.15) is 34.5 Å². The zero-order valence-corrected chi connectivity index (χ0v) is 20.1. The Hall–Kier alpha value is -3.70. The number of aromatic amines is 1. The minimum Gasteiger partial charge on any atom is -0.337 e. The SMILES string of the molecule is CN1CCC2(CC1)CN(C(=O)c1ccc3n[nH]c(C=Cc4ccccc4-c4ccccc4)c3c1)C2. The van der Waals surface area contributed by atoms with Crippen molar-refractivity contribution in [3.63, 3.8) is 0 Å². The van der Waals surface area contributed by atoms with Gasteiger partial charge >= 0.3 is 0 Å². The number of nitrogens with zero attached hydrogens (tertiary/aromatic N) is 3. The molecule has 1 aromatic heterocycles. The van der Waals surface area contributed by atoms with Crippen LogP contribution in [0.2, 0.25) is 0 Å². The summed E-state index contributed by atoms with van der Waals surface area (Å²) < 4.78 is 0. The third-order valence-corrected chi connectivity index (χ3v) is 7.69. The average molecular weight is 463 g/mol. The second-order valence-electron chi connectivity index (χ2n) is 10.1. The molecule has 0 aliphatic carbocycles. The molecule has 0 atom stereocenters. The second kappa shape index (κ2) is 8.82. The fourth-order valence-electron chi connectivity index (χ4n) is 5.48. The molecule has 4 aromatic rings. The predicted octanol–water partition coefficient (Wildman–Crippen LogP) is 5.57. The summed E-state index contributed by atoms with van der Waals surface area (Å²) in [5, 5.41) is 8.58. The molecule has 5 heteroatoms. The summed E-state index contributed by atoms with van der Waals surface area (Å²) in [4.78, 5) is 17.6. The predicted molar refractivity (Wildman–Crippen MR) is 142 cm³/mol. The number of carbonyl (C=O) groups excluding carboxylic acids is 1. The number of hydrogen-bond donors (Lipinski definition) is 1. The summed E-state index contributed by atoms with van der Waals surface area (Å²) in [6.45, 7) is 4.02. The van der Waals surface area contributed by atoms with E-state index >= 15 is 0 Å². The Bertz CT molecular complexity index is 1390. The van der Waals surface area contributed by atoms with Crippen molar-refractivity contribution in [2.45, 2.75) is 12.8 Å². The minimum atomic E-state index is 0.127. The Kier molecular flexibility index (Phi) is 5.50. The van der Waals surface area contributed by atoms with Gasteiger partial charge < -0.3 is 9.80 Å². The summed E-state index contributed by atoms with van der Waals surface area (Å²) >= 11 is 0. The molecule has 1 N–H and O–H groups in total. The minimum absolute atomic E-state index is 0.127. The lowest BCUT2D eigenvalue weighted by Crippen LogP contribution is -2.61. The number of aromatic nitrogens is 2. The Morgan fingerprint density at radius 2 is 1.69 bits per heavy atom. The van der Waals surface area contributed by atoms with Gasteiger partial charge in [0.25, 0.3) is 5.91 Å². The van der Waals surface area contributed by atoms with Crippen molar-refractivity contribution < 1.29 is 4.79 Å². The van der Waals surface area contributed by atoms with Crippen molar-refractivity contribution in [3.05, 3.63) is 89.6 Å². The van der Waals surface area contributed by atoms with Gasteiger partial charge in [0.05, 0.1) is 11.2 Å². The van der Waals surface area contributed by atoms with E-state index in [0.29, 0.717) is 5.41 Å². The Labute approximate surface area is 206 Å². The summed E-state index contributed by atoms with van der Waals surface area (Å²) in [5.74, 6) is 0.127. The topological polar surface area (TPSA) is 52.2 Å². The van der Waals surface area contributed by atoms with Gasteiger partial charge in [0.1, 0.15) is 0 Å². The molecule has 0 saturated carbocycles. The van der Waals surface area contributed by atoms with Crippen molar-refractivity contribution in [1.82, 2.24) is 20.0 Å². The quantitative estimate of drug-likeness (QED) is 0.432. The number of nitrogens with one attached hydrogen (secondary N) is 1. The molecule has 5 nitrogen and oxygen atoms in total. The Morgan fingerprint density at radius 3 is 2.49 bits per heavy atom. The summed E-state index contributed by atoms with van der Waals surface area (Å²) in [6, 6.07) is 24.6. The van der Waals surface area contributed by atoms with Gasteiger partial charge in [0.2, 0.25) is 0 Å². The maximum absolute atomic E-state index is 13.2. The van der Waals surface area contributed by atoms with Crippen LogP contribution in [0, 0.1) is 5.41 Å². The highest BCUT2D eigenvalue weighted by Gasteiger charge is 2.46.